The van der Waals surface area contributed by atoms with Crippen molar-refractivity contribution in [3.63, 3.8) is 0 Å². The molecule has 7 nitrogen and oxygen atoms in total. The van der Waals surface area contributed by atoms with Crippen LogP contribution in [0.5, 0.6) is 0 Å². The van der Waals surface area contributed by atoms with E-state index < -0.39 is 51.8 Å². The molecular formula is C16H30O7S. The Morgan fingerprint density at radius 1 is 1.04 bits per heavy atom. The molecule has 0 aromatic heterocycles. The summed E-state index contributed by atoms with van der Waals surface area (Å²) < 4.78 is 40.2. The van der Waals surface area contributed by atoms with Crippen molar-refractivity contribution in [1.82, 2.24) is 0 Å². The van der Waals surface area contributed by atoms with Gasteiger partial charge in [0.15, 0.2) is 22.7 Å². The van der Waals surface area contributed by atoms with E-state index in [-0.39, 0.29) is 13.2 Å². The minimum atomic E-state index is -1.62. The Morgan fingerprint density at radius 3 is 1.88 bits per heavy atom. The van der Waals surface area contributed by atoms with Gasteiger partial charge in [0.2, 0.25) is 0 Å². The van der Waals surface area contributed by atoms with Crippen molar-refractivity contribution in [2.45, 2.75) is 89.2 Å². The fourth-order valence-corrected chi connectivity index (χ4v) is 3.28. The lowest BCUT2D eigenvalue weighted by Gasteiger charge is -2.32. The van der Waals surface area contributed by atoms with Crippen LogP contribution in [0.1, 0.15) is 48.5 Å². The molecule has 5 atom stereocenters. The van der Waals surface area contributed by atoms with Crippen LogP contribution in [0, 0.1) is 0 Å². The summed E-state index contributed by atoms with van der Waals surface area (Å²) in [6, 6.07) is 0. The van der Waals surface area contributed by atoms with Gasteiger partial charge < -0.3 is 24.1 Å². The van der Waals surface area contributed by atoms with E-state index in [9.17, 15) is 9.32 Å². The van der Waals surface area contributed by atoms with Crippen LogP contribution in [0.4, 0.5) is 0 Å². The first-order valence-corrected chi connectivity index (χ1v) is 9.29. The van der Waals surface area contributed by atoms with Crippen LogP contribution in [-0.4, -0.2) is 63.3 Å². The smallest absolute Gasteiger partial charge is 0.163 e. The highest BCUT2D eigenvalue weighted by Gasteiger charge is 2.48. The summed E-state index contributed by atoms with van der Waals surface area (Å²) in [6.45, 7) is 13.0. The topological polar surface area (TPSA) is 83.5 Å². The first-order chi connectivity index (χ1) is 10.8. The Morgan fingerprint density at radius 2 is 1.50 bits per heavy atom. The van der Waals surface area contributed by atoms with Gasteiger partial charge in [-0.3, -0.25) is 4.18 Å². The van der Waals surface area contributed by atoms with Gasteiger partial charge in [-0.2, -0.15) is 0 Å². The van der Waals surface area contributed by atoms with Crippen molar-refractivity contribution >= 4 is 11.1 Å². The third kappa shape index (κ3) is 4.97. The summed E-state index contributed by atoms with van der Waals surface area (Å²) in [4.78, 5) is 0. The second-order valence-electron chi connectivity index (χ2n) is 8.13. The van der Waals surface area contributed by atoms with Crippen molar-refractivity contribution in [3.8, 4) is 0 Å². The number of aliphatic hydroxyl groups is 1. The molecule has 0 amide bonds. The van der Waals surface area contributed by atoms with Crippen LogP contribution < -0.4 is 0 Å². The van der Waals surface area contributed by atoms with Gasteiger partial charge in [0.05, 0.1) is 18.0 Å². The Kier molecular flexibility index (Phi) is 5.82. The fourth-order valence-electron chi connectivity index (χ4n) is 2.56. The Labute approximate surface area is 146 Å². The molecule has 8 heteroatoms. The molecule has 0 aliphatic carbocycles. The summed E-state index contributed by atoms with van der Waals surface area (Å²) in [5.74, 6) is -1.55. The van der Waals surface area contributed by atoms with Gasteiger partial charge in [0, 0.05) is 0 Å². The van der Waals surface area contributed by atoms with Crippen molar-refractivity contribution in [2.24, 2.45) is 0 Å². The van der Waals surface area contributed by atoms with E-state index in [0.29, 0.717) is 0 Å². The number of hydrogen-bond acceptors (Lipinski definition) is 7. The van der Waals surface area contributed by atoms with Gasteiger partial charge in [-0.15, -0.1) is 0 Å². The van der Waals surface area contributed by atoms with E-state index in [4.69, 9.17) is 23.1 Å². The van der Waals surface area contributed by atoms with E-state index >= 15 is 0 Å². The molecule has 2 saturated heterocycles. The monoisotopic (exact) mass is 366 g/mol. The molecule has 142 valence electrons. The van der Waals surface area contributed by atoms with Crippen molar-refractivity contribution in [1.29, 1.82) is 0 Å². The quantitative estimate of drug-likeness (QED) is 0.789. The average molecular weight is 366 g/mol. The van der Waals surface area contributed by atoms with E-state index in [1.165, 1.54) is 0 Å². The van der Waals surface area contributed by atoms with Crippen LogP contribution in [0.15, 0.2) is 0 Å². The summed E-state index contributed by atoms with van der Waals surface area (Å²) >= 11 is -1.62. The third-order valence-corrected chi connectivity index (χ3v) is 5.24. The van der Waals surface area contributed by atoms with Gasteiger partial charge in [-0.25, -0.2) is 4.21 Å². The molecule has 0 saturated carbocycles. The number of hydrogen-bond donors (Lipinski definition) is 1. The molecule has 2 aliphatic heterocycles. The zero-order chi connectivity index (χ0) is 18.3. The standard InChI is InChI=1S/C16H30O7S/c1-14(2,3)24(18)23-13(11-9-20-16(6,7)22-11)12(17)10-8-19-15(4,5)21-10/h10-13,17H,8-9H2,1-7H3/t10-,11-,12-,13-,24?/m1/s1. The molecule has 2 rings (SSSR count). The molecular weight excluding hydrogens is 336 g/mol. The molecule has 2 aliphatic rings. The molecule has 24 heavy (non-hydrogen) atoms. The SMILES string of the molecule is CC1(C)OC[C@H]([C@@H](O)[C@H](OS(=O)C(C)(C)C)[C@H]2COC(C)(C)O2)O1. The molecule has 0 bridgehead atoms. The molecule has 0 aromatic carbocycles. The summed E-state index contributed by atoms with van der Waals surface area (Å²) in [7, 11) is 0. The molecule has 2 heterocycles. The lowest BCUT2D eigenvalue weighted by molar-refractivity contribution is -0.178. The van der Waals surface area contributed by atoms with Crippen LogP contribution >= 0.6 is 0 Å². The molecule has 0 aromatic rings. The summed E-state index contributed by atoms with van der Waals surface area (Å²) in [5.41, 5.74) is 0. The number of ether oxygens (including phenoxy) is 4. The number of aliphatic hydroxyl groups excluding tert-OH is 1. The molecule has 2 fully saturated rings. The van der Waals surface area contributed by atoms with E-state index in [1.54, 1.807) is 48.5 Å². The average Bonchev–Trinajstić information content (AvgIpc) is 2.96. The predicted molar refractivity (Wildman–Crippen MR) is 88.6 cm³/mol. The van der Waals surface area contributed by atoms with Gasteiger partial charge in [-0.05, 0) is 48.5 Å². The van der Waals surface area contributed by atoms with Gasteiger partial charge in [0.1, 0.15) is 24.4 Å². The second-order valence-corrected chi connectivity index (χ2v) is 10.0. The first kappa shape index (κ1) is 20.2. The summed E-state index contributed by atoms with van der Waals surface area (Å²) in [5, 5.41) is 10.8. The van der Waals surface area contributed by atoms with Crippen molar-refractivity contribution in [2.75, 3.05) is 13.2 Å². The largest absolute Gasteiger partial charge is 0.387 e. The first-order valence-electron chi connectivity index (χ1n) is 8.21. The van der Waals surface area contributed by atoms with Gasteiger partial charge in [-0.1, -0.05) is 0 Å². The highest BCUT2D eigenvalue weighted by Crippen LogP contribution is 2.32. The lowest BCUT2D eigenvalue weighted by Crippen LogP contribution is -2.50. The normalized spacial score (nSPS) is 33.3. The highest BCUT2D eigenvalue weighted by atomic mass is 32.2. The van der Waals surface area contributed by atoms with Crippen molar-refractivity contribution in [3.05, 3.63) is 0 Å². The molecule has 0 radical (unpaired) electrons. The van der Waals surface area contributed by atoms with Crippen LogP contribution in [0.25, 0.3) is 0 Å². The van der Waals surface area contributed by atoms with Crippen LogP contribution in [0.2, 0.25) is 0 Å². The minimum Gasteiger partial charge on any atom is -0.387 e. The maximum Gasteiger partial charge on any atom is 0.163 e. The van der Waals surface area contributed by atoms with E-state index in [0.717, 1.165) is 0 Å². The maximum absolute atomic E-state index is 12.4. The highest BCUT2D eigenvalue weighted by molar-refractivity contribution is 7.81. The third-order valence-electron chi connectivity index (χ3n) is 3.84. The predicted octanol–water partition coefficient (Wildman–Crippen LogP) is 1.50. The van der Waals surface area contributed by atoms with Gasteiger partial charge >= 0.3 is 0 Å². The summed E-state index contributed by atoms with van der Waals surface area (Å²) in [6.07, 6.45) is -3.04. The Hall–Kier alpha value is -0.0900. The Bertz CT molecular complexity index is 472. The zero-order valence-corrected chi connectivity index (χ0v) is 16.3. The zero-order valence-electron chi connectivity index (χ0n) is 15.5. The second kappa shape index (κ2) is 6.90. The van der Waals surface area contributed by atoms with Gasteiger partial charge in [0.25, 0.3) is 0 Å². The minimum absolute atomic E-state index is 0.229. The molecule has 1 unspecified atom stereocenters. The van der Waals surface area contributed by atoms with E-state index in [1.807, 2.05) is 0 Å². The van der Waals surface area contributed by atoms with Crippen molar-refractivity contribution < 1.29 is 32.4 Å². The molecule has 0 spiro atoms. The fraction of sp³-hybridized carbons (Fsp3) is 1.00. The maximum atomic E-state index is 12.4. The molecule has 1 N–H and O–H groups in total. The number of rotatable bonds is 5. The van der Waals surface area contributed by atoms with Crippen LogP contribution in [0.3, 0.4) is 0 Å². The van der Waals surface area contributed by atoms with Crippen LogP contribution in [-0.2, 0) is 34.2 Å². The lowest BCUT2D eigenvalue weighted by atomic mass is 10.0. The Balaban J connectivity index is 2.15. The van der Waals surface area contributed by atoms with E-state index in [2.05, 4.69) is 0 Å².